The highest BCUT2D eigenvalue weighted by molar-refractivity contribution is 5.95. The highest BCUT2D eigenvalue weighted by atomic mass is 16.5. The van der Waals surface area contributed by atoms with Crippen molar-refractivity contribution < 1.29 is 9.53 Å². The molecule has 126 valence electrons. The minimum atomic E-state index is 0.0607. The number of nitrogens with zero attached hydrogens (tertiary/aromatic N) is 2. The van der Waals surface area contributed by atoms with Crippen LogP contribution in [-0.2, 0) is 13.0 Å². The Kier molecular flexibility index (Phi) is 4.02. The van der Waals surface area contributed by atoms with E-state index in [1.807, 2.05) is 70.4 Å². The van der Waals surface area contributed by atoms with E-state index in [-0.39, 0.29) is 5.91 Å². The lowest BCUT2D eigenvalue weighted by Gasteiger charge is -2.30. The fourth-order valence-corrected chi connectivity index (χ4v) is 3.40. The van der Waals surface area contributed by atoms with Gasteiger partial charge in [0.15, 0.2) is 0 Å². The van der Waals surface area contributed by atoms with Gasteiger partial charge >= 0.3 is 0 Å². The van der Waals surface area contributed by atoms with E-state index < -0.39 is 0 Å². The van der Waals surface area contributed by atoms with Gasteiger partial charge in [-0.3, -0.25) is 4.79 Å². The van der Waals surface area contributed by atoms with E-state index >= 15 is 0 Å². The number of hydrogen-bond acceptors (Lipinski definition) is 2. The van der Waals surface area contributed by atoms with Crippen LogP contribution in [0.25, 0.3) is 5.69 Å². The van der Waals surface area contributed by atoms with Crippen LogP contribution in [0.15, 0.2) is 67.0 Å². The Balaban J connectivity index is 1.61. The monoisotopic (exact) mass is 332 g/mol. The zero-order chi connectivity index (χ0) is 17.2. The Labute approximate surface area is 147 Å². The molecule has 0 saturated carbocycles. The second-order valence-electron chi connectivity index (χ2n) is 6.22. The summed E-state index contributed by atoms with van der Waals surface area (Å²) in [4.78, 5) is 14.9. The average Bonchev–Trinajstić information content (AvgIpc) is 3.21. The van der Waals surface area contributed by atoms with Crippen molar-refractivity contribution in [2.45, 2.75) is 13.0 Å². The number of methoxy groups -OCH3 is 1. The molecule has 0 saturated heterocycles. The third-order valence-corrected chi connectivity index (χ3v) is 4.73. The van der Waals surface area contributed by atoms with Gasteiger partial charge in [-0.1, -0.05) is 18.2 Å². The smallest absolute Gasteiger partial charge is 0.254 e. The van der Waals surface area contributed by atoms with Gasteiger partial charge in [-0.05, 0) is 48.4 Å². The number of aromatic nitrogens is 1. The molecule has 4 heteroatoms. The summed E-state index contributed by atoms with van der Waals surface area (Å²) in [5.41, 5.74) is 4.09. The summed E-state index contributed by atoms with van der Waals surface area (Å²) in [7, 11) is 1.68. The molecule has 2 heterocycles. The molecular weight excluding hydrogens is 312 g/mol. The molecule has 0 atom stereocenters. The first-order chi connectivity index (χ1) is 12.3. The van der Waals surface area contributed by atoms with E-state index in [0.29, 0.717) is 12.1 Å². The molecule has 0 aliphatic carbocycles. The van der Waals surface area contributed by atoms with Crippen LogP contribution >= 0.6 is 0 Å². The molecule has 0 radical (unpaired) electrons. The maximum absolute atomic E-state index is 13.0. The highest BCUT2D eigenvalue weighted by Crippen LogP contribution is 2.28. The molecule has 1 aromatic heterocycles. The zero-order valence-electron chi connectivity index (χ0n) is 14.2. The first-order valence-electron chi connectivity index (χ1n) is 8.44. The molecule has 4 rings (SSSR count). The Bertz CT molecular complexity index is 886. The van der Waals surface area contributed by atoms with Gasteiger partial charge in [0, 0.05) is 42.3 Å². The van der Waals surface area contributed by atoms with Gasteiger partial charge in [0.2, 0.25) is 0 Å². The summed E-state index contributed by atoms with van der Waals surface area (Å²) in [5.74, 6) is 0.918. The fraction of sp³-hybridized carbons (Fsp3) is 0.190. The molecule has 2 aromatic carbocycles. The van der Waals surface area contributed by atoms with Crippen molar-refractivity contribution in [2.75, 3.05) is 13.7 Å². The molecule has 4 nitrogen and oxygen atoms in total. The van der Waals surface area contributed by atoms with Gasteiger partial charge < -0.3 is 14.2 Å². The molecular formula is C21H20N2O2. The zero-order valence-corrected chi connectivity index (χ0v) is 14.2. The van der Waals surface area contributed by atoms with E-state index in [0.717, 1.165) is 30.0 Å². The second-order valence-corrected chi connectivity index (χ2v) is 6.22. The molecule has 0 N–H and O–H groups in total. The van der Waals surface area contributed by atoms with Crippen LogP contribution in [0.1, 0.15) is 21.5 Å². The van der Waals surface area contributed by atoms with Crippen LogP contribution in [-0.4, -0.2) is 29.0 Å². The Morgan fingerprint density at radius 3 is 2.64 bits per heavy atom. The van der Waals surface area contributed by atoms with Crippen molar-refractivity contribution >= 4 is 5.91 Å². The predicted molar refractivity (Wildman–Crippen MR) is 97.2 cm³/mol. The van der Waals surface area contributed by atoms with Crippen molar-refractivity contribution in [3.8, 4) is 11.4 Å². The number of rotatable bonds is 3. The first kappa shape index (κ1) is 15.5. The summed E-state index contributed by atoms with van der Waals surface area (Å²) in [6, 6.07) is 17.8. The largest absolute Gasteiger partial charge is 0.496 e. The van der Waals surface area contributed by atoms with Gasteiger partial charge in [-0.25, -0.2) is 0 Å². The number of carbonyl (C=O) groups is 1. The predicted octanol–water partition coefficient (Wildman–Crippen LogP) is 3.68. The number of hydrogen-bond donors (Lipinski definition) is 0. The molecule has 3 aromatic rings. The van der Waals surface area contributed by atoms with E-state index in [9.17, 15) is 4.79 Å². The van der Waals surface area contributed by atoms with Crippen LogP contribution in [0.4, 0.5) is 0 Å². The van der Waals surface area contributed by atoms with Crippen molar-refractivity contribution in [1.82, 2.24) is 9.47 Å². The van der Waals surface area contributed by atoms with Gasteiger partial charge in [0.1, 0.15) is 5.75 Å². The molecule has 25 heavy (non-hydrogen) atoms. The Hall–Kier alpha value is -3.01. The molecule has 1 aliphatic heterocycles. The van der Waals surface area contributed by atoms with E-state index in [4.69, 9.17) is 4.74 Å². The molecule has 1 amide bonds. The van der Waals surface area contributed by atoms with E-state index in [1.54, 1.807) is 7.11 Å². The quantitative estimate of drug-likeness (QED) is 0.733. The lowest BCUT2D eigenvalue weighted by molar-refractivity contribution is 0.0733. The van der Waals surface area contributed by atoms with Crippen molar-refractivity contribution in [2.24, 2.45) is 0 Å². The maximum Gasteiger partial charge on any atom is 0.254 e. The number of carbonyl (C=O) groups excluding carboxylic acids is 1. The van der Waals surface area contributed by atoms with Crippen LogP contribution < -0.4 is 4.74 Å². The van der Waals surface area contributed by atoms with Crippen LogP contribution in [0.2, 0.25) is 0 Å². The lowest BCUT2D eigenvalue weighted by Crippen LogP contribution is -2.36. The second kappa shape index (κ2) is 6.48. The summed E-state index contributed by atoms with van der Waals surface area (Å²) < 4.78 is 7.48. The summed E-state index contributed by atoms with van der Waals surface area (Å²) in [6.45, 7) is 1.32. The van der Waals surface area contributed by atoms with Crippen LogP contribution in [0.5, 0.6) is 5.75 Å². The third kappa shape index (κ3) is 2.91. The minimum absolute atomic E-state index is 0.0607. The standard InChI is InChI=1S/C21H20N2O2/c1-25-20-9-5-6-16-10-13-23(15-19(16)20)21(24)17-7-4-8-18(14-17)22-11-2-3-12-22/h2-9,11-12,14H,10,13,15H2,1H3. The summed E-state index contributed by atoms with van der Waals surface area (Å²) in [5, 5.41) is 0. The van der Waals surface area contributed by atoms with Gasteiger partial charge in [0.05, 0.1) is 7.11 Å². The number of ether oxygens (including phenoxy) is 1. The summed E-state index contributed by atoms with van der Waals surface area (Å²) >= 11 is 0. The third-order valence-electron chi connectivity index (χ3n) is 4.73. The average molecular weight is 332 g/mol. The number of benzene rings is 2. The van der Waals surface area contributed by atoms with Gasteiger partial charge in [0.25, 0.3) is 5.91 Å². The van der Waals surface area contributed by atoms with E-state index in [2.05, 4.69) is 6.07 Å². The SMILES string of the molecule is COc1cccc2c1CN(C(=O)c1cccc(-n3cccc3)c1)CC2. The lowest BCUT2D eigenvalue weighted by atomic mass is 9.98. The van der Waals surface area contributed by atoms with Crippen molar-refractivity contribution in [1.29, 1.82) is 0 Å². The highest BCUT2D eigenvalue weighted by Gasteiger charge is 2.24. The van der Waals surface area contributed by atoms with Crippen LogP contribution in [0.3, 0.4) is 0 Å². The van der Waals surface area contributed by atoms with Gasteiger partial charge in [-0.15, -0.1) is 0 Å². The van der Waals surface area contributed by atoms with Gasteiger partial charge in [-0.2, -0.15) is 0 Å². The van der Waals surface area contributed by atoms with Crippen molar-refractivity contribution in [3.05, 3.63) is 83.7 Å². The number of amides is 1. The first-order valence-corrected chi connectivity index (χ1v) is 8.44. The Morgan fingerprint density at radius 2 is 1.84 bits per heavy atom. The molecule has 1 aliphatic rings. The molecule has 0 fully saturated rings. The summed E-state index contributed by atoms with van der Waals surface area (Å²) in [6.07, 6.45) is 4.81. The number of fused-ring (bicyclic) bond motifs is 1. The normalized spacial score (nSPS) is 13.4. The molecule has 0 unspecified atom stereocenters. The van der Waals surface area contributed by atoms with Crippen molar-refractivity contribution in [3.63, 3.8) is 0 Å². The maximum atomic E-state index is 13.0. The topological polar surface area (TPSA) is 34.5 Å². The molecule has 0 spiro atoms. The minimum Gasteiger partial charge on any atom is -0.496 e. The van der Waals surface area contributed by atoms with E-state index in [1.165, 1.54) is 5.56 Å². The van der Waals surface area contributed by atoms with Crippen LogP contribution in [0, 0.1) is 0 Å². The molecule has 0 bridgehead atoms. The Morgan fingerprint density at radius 1 is 1.04 bits per heavy atom. The fourth-order valence-electron chi connectivity index (χ4n) is 3.40.